The highest BCUT2D eigenvalue weighted by atomic mass is 16.3. The van der Waals surface area contributed by atoms with E-state index in [0.29, 0.717) is 23.5 Å². The first-order valence-electron chi connectivity index (χ1n) is 8.99. The first kappa shape index (κ1) is 16.2. The monoisotopic (exact) mass is 304 g/mol. The lowest BCUT2D eigenvalue weighted by molar-refractivity contribution is -0.174. The second-order valence-electron chi connectivity index (χ2n) is 9.38. The number of ketones is 1. The van der Waals surface area contributed by atoms with Crippen LogP contribution in [0.2, 0.25) is 0 Å². The third kappa shape index (κ3) is 2.13. The van der Waals surface area contributed by atoms with E-state index in [0.717, 1.165) is 25.7 Å². The van der Waals surface area contributed by atoms with E-state index in [1.54, 1.807) is 0 Å². The average molecular weight is 304 g/mol. The molecule has 0 aromatic heterocycles. The van der Waals surface area contributed by atoms with Gasteiger partial charge in [0.25, 0.3) is 0 Å². The number of hydrogen-bond acceptors (Lipinski definition) is 2. The van der Waals surface area contributed by atoms with E-state index in [1.165, 1.54) is 12.8 Å². The summed E-state index contributed by atoms with van der Waals surface area (Å²) >= 11 is 0. The molecule has 3 fully saturated rings. The van der Waals surface area contributed by atoms with Crippen LogP contribution in [0.25, 0.3) is 0 Å². The van der Waals surface area contributed by atoms with Gasteiger partial charge >= 0.3 is 0 Å². The van der Waals surface area contributed by atoms with Crippen LogP contribution in [0.1, 0.15) is 66.2 Å². The number of hydrogen-bond donors (Lipinski definition) is 1. The third-order valence-electron chi connectivity index (χ3n) is 7.83. The highest BCUT2D eigenvalue weighted by molar-refractivity contribution is 5.85. The standard InChI is InChI=1S/C20H32O2/c1-6-19(4)9-7-14-13(12-19)15(21)11-16-18(2,3)17(22)8-10-20(14,16)5/h6,13-16,21H,1,7-12H2,2-5H3/t13?,14?,15-,16-,19-,20+/m0/s1. The zero-order chi connectivity index (χ0) is 16.3. The molecule has 0 heterocycles. The van der Waals surface area contributed by atoms with E-state index >= 15 is 0 Å². The Balaban J connectivity index is 1.96. The lowest BCUT2D eigenvalue weighted by Crippen LogP contribution is -2.59. The van der Waals surface area contributed by atoms with Crippen molar-refractivity contribution in [2.24, 2.45) is 34.0 Å². The zero-order valence-corrected chi connectivity index (χ0v) is 14.7. The van der Waals surface area contributed by atoms with Crippen molar-refractivity contribution in [3.8, 4) is 0 Å². The number of aliphatic hydroxyl groups is 1. The highest BCUT2D eigenvalue weighted by Gasteiger charge is 2.60. The van der Waals surface area contributed by atoms with Crippen LogP contribution in [0.3, 0.4) is 0 Å². The molecule has 0 aromatic carbocycles. The Bertz CT molecular complexity index is 494. The molecule has 3 aliphatic carbocycles. The number of carbonyl (C=O) groups excluding carboxylic acids is 1. The topological polar surface area (TPSA) is 37.3 Å². The van der Waals surface area contributed by atoms with Crippen molar-refractivity contribution in [2.45, 2.75) is 72.3 Å². The van der Waals surface area contributed by atoms with Gasteiger partial charge in [-0.2, -0.15) is 0 Å². The summed E-state index contributed by atoms with van der Waals surface area (Å²) < 4.78 is 0. The summed E-state index contributed by atoms with van der Waals surface area (Å²) in [5.74, 6) is 1.65. The van der Waals surface area contributed by atoms with Crippen LogP contribution >= 0.6 is 0 Å². The first-order valence-corrected chi connectivity index (χ1v) is 8.99. The molecule has 1 N–H and O–H groups in total. The summed E-state index contributed by atoms with van der Waals surface area (Å²) in [5.41, 5.74) is 0.104. The normalized spacial score (nSPS) is 50.9. The van der Waals surface area contributed by atoms with E-state index in [9.17, 15) is 9.90 Å². The molecule has 124 valence electrons. The maximum atomic E-state index is 12.4. The smallest absolute Gasteiger partial charge is 0.138 e. The molecule has 22 heavy (non-hydrogen) atoms. The Morgan fingerprint density at radius 3 is 2.55 bits per heavy atom. The van der Waals surface area contributed by atoms with Crippen LogP contribution in [0.15, 0.2) is 12.7 Å². The van der Waals surface area contributed by atoms with Gasteiger partial charge in [0, 0.05) is 11.8 Å². The lowest BCUT2D eigenvalue weighted by Gasteiger charge is -2.62. The second-order valence-corrected chi connectivity index (χ2v) is 9.38. The molecular weight excluding hydrogens is 272 g/mol. The predicted molar refractivity (Wildman–Crippen MR) is 89.4 cm³/mol. The molecule has 0 bridgehead atoms. The molecule has 6 atom stereocenters. The first-order chi connectivity index (χ1) is 10.1. The van der Waals surface area contributed by atoms with Crippen LogP contribution in [0, 0.1) is 34.0 Å². The predicted octanol–water partition coefficient (Wildman–Crippen LogP) is 4.37. The second kappa shape index (κ2) is 4.93. The quantitative estimate of drug-likeness (QED) is 0.730. The van der Waals surface area contributed by atoms with Gasteiger partial charge in [0.2, 0.25) is 0 Å². The molecule has 0 aromatic rings. The van der Waals surface area contributed by atoms with Gasteiger partial charge in [0.05, 0.1) is 6.10 Å². The summed E-state index contributed by atoms with van der Waals surface area (Å²) in [6, 6.07) is 0. The van der Waals surface area contributed by atoms with Crippen molar-refractivity contribution < 1.29 is 9.90 Å². The van der Waals surface area contributed by atoms with E-state index in [4.69, 9.17) is 0 Å². The van der Waals surface area contributed by atoms with Crippen molar-refractivity contribution in [1.29, 1.82) is 0 Å². The van der Waals surface area contributed by atoms with Gasteiger partial charge in [0.15, 0.2) is 0 Å². The molecule has 0 aliphatic heterocycles. The summed E-state index contributed by atoms with van der Waals surface area (Å²) in [5, 5.41) is 10.9. The van der Waals surface area contributed by atoms with Crippen LogP contribution < -0.4 is 0 Å². The number of allylic oxidation sites excluding steroid dienone is 1. The molecule has 0 amide bonds. The Hall–Kier alpha value is -0.630. The van der Waals surface area contributed by atoms with Crippen molar-refractivity contribution in [3.63, 3.8) is 0 Å². The van der Waals surface area contributed by atoms with Crippen molar-refractivity contribution in [2.75, 3.05) is 0 Å². The summed E-state index contributed by atoms with van der Waals surface area (Å²) in [4.78, 5) is 12.4. The van der Waals surface area contributed by atoms with Gasteiger partial charge in [0.1, 0.15) is 5.78 Å². The minimum atomic E-state index is -0.280. The van der Waals surface area contributed by atoms with E-state index < -0.39 is 0 Å². The van der Waals surface area contributed by atoms with E-state index in [1.807, 2.05) is 0 Å². The fraction of sp³-hybridized carbons (Fsp3) is 0.850. The van der Waals surface area contributed by atoms with E-state index in [-0.39, 0.29) is 22.3 Å². The molecule has 3 rings (SSSR count). The SMILES string of the molecule is C=C[C@@]1(C)CCC2C(C1)[C@@H](O)C[C@H]1C(C)(C)C(=O)CC[C@]21C. The summed E-state index contributed by atoms with van der Waals surface area (Å²) in [6.07, 6.45) is 7.76. The maximum Gasteiger partial charge on any atom is 0.138 e. The highest BCUT2D eigenvalue weighted by Crippen LogP contribution is 2.64. The van der Waals surface area contributed by atoms with Crippen LogP contribution in [-0.2, 0) is 4.79 Å². The number of carbonyl (C=O) groups is 1. The lowest BCUT2D eigenvalue weighted by atomic mass is 9.42. The van der Waals surface area contributed by atoms with Gasteiger partial charge in [-0.25, -0.2) is 0 Å². The van der Waals surface area contributed by atoms with Gasteiger partial charge in [-0.1, -0.05) is 33.8 Å². The molecule has 3 aliphatic rings. The fourth-order valence-corrected chi connectivity index (χ4v) is 6.21. The largest absolute Gasteiger partial charge is 0.393 e. The molecule has 2 nitrogen and oxygen atoms in total. The van der Waals surface area contributed by atoms with Gasteiger partial charge in [-0.3, -0.25) is 4.79 Å². The van der Waals surface area contributed by atoms with E-state index in [2.05, 4.69) is 40.3 Å². The Labute approximate surface area is 135 Å². The van der Waals surface area contributed by atoms with Crippen molar-refractivity contribution in [3.05, 3.63) is 12.7 Å². The van der Waals surface area contributed by atoms with Crippen molar-refractivity contribution >= 4 is 5.78 Å². The molecule has 0 radical (unpaired) electrons. The number of fused-ring (bicyclic) bond motifs is 3. The molecule has 0 saturated heterocycles. The molecule has 2 heteroatoms. The Morgan fingerprint density at radius 2 is 1.91 bits per heavy atom. The van der Waals surface area contributed by atoms with Crippen molar-refractivity contribution in [1.82, 2.24) is 0 Å². The number of Topliss-reactive ketones (excluding diaryl/α,β-unsaturated/α-hetero) is 1. The van der Waals surface area contributed by atoms with Gasteiger partial charge in [-0.15, -0.1) is 6.58 Å². The maximum absolute atomic E-state index is 12.4. The summed E-state index contributed by atoms with van der Waals surface area (Å²) in [7, 11) is 0. The fourth-order valence-electron chi connectivity index (χ4n) is 6.21. The number of rotatable bonds is 1. The molecule has 3 saturated carbocycles. The van der Waals surface area contributed by atoms with Gasteiger partial charge in [-0.05, 0) is 60.7 Å². The Kier molecular flexibility index (Phi) is 3.64. The van der Waals surface area contributed by atoms with Gasteiger partial charge < -0.3 is 5.11 Å². The Morgan fingerprint density at radius 1 is 1.23 bits per heavy atom. The minimum absolute atomic E-state index is 0.172. The molecular formula is C20H32O2. The zero-order valence-electron chi connectivity index (χ0n) is 14.7. The average Bonchev–Trinajstić information content (AvgIpc) is 2.47. The third-order valence-corrected chi connectivity index (χ3v) is 7.83. The molecule has 0 spiro atoms. The number of aliphatic hydroxyl groups excluding tert-OH is 1. The summed E-state index contributed by atoms with van der Waals surface area (Å²) in [6.45, 7) is 12.9. The molecule has 2 unspecified atom stereocenters. The van der Waals surface area contributed by atoms with Crippen LogP contribution in [0.4, 0.5) is 0 Å². The van der Waals surface area contributed by atoms with Crippen LogP contribution in [-0.4, -0.2) is 17.0 Å². The minimum Gasteiger partial charge on any atom is -0.393 e. The van der Waals surface area contributed by atoms with Crippen LogP contribution in [0.5, 0.6) is 0 Å².